The Morgan fingerprint density at radius 1 is 1.56 bits per heavy atom. The molecule has 2 fully saturated rings. The number of ether oxygens (including phenoxy) is 2. The minimum absolute atomic E-state index is 0.0112. The quantitative estimate of drug-likeness (QED) is 0.882. The summed E-state index contributed by atoms with van der Waals surface area (Å²) in [5.74, 6) is 0.523. The molecule has 0 aliphatic carbocycles. The van der Waals surface area contributed by atoms with Gasteiger partial charge in [-0.3, -0.25) is 4.79 Å². The van der Waals surface area contributed by atoms with Crippen molar-refractivity contribution in [3.63, 3.8) is 0 Å². The lowest BCUT2D eigenvalue weighted by molar-refractivity contribution is -0.121. The number of nitrogens with one attached hydrogen (secondary N) is 1. The Bertz CT molecular complexity index is 463. The first kappa shape index (κ1) is 11.5. The van der Waals surface area contributed by atoms with Crippen molar-refractivity contribution in [3.05, 3.63) is 18.3 Å². The first-order valence-corrected chi connectivity index (χ1v) is 6.22. The van der Waals surface area contributed by atoms with Gasteiger partial charge in [-0.2, -0.15) is 0 Å². The lowest BCUT2D eigenvalue weighted by Crippen LogP contribution is -2.30. The second-order valence-electron chi connectivity index (χ2n) is 4.79. The fourth-order valence-corrected chi connectivity index (χ4v) is 2.75. The topological polar surface area (TPSA) is 60.5 Å². The molecule has 0 spiro atoms. The summed E-state index contributed by atoms with van der Waals surface area (Å²) in [5.41, 5.74) is 0.717. The smallest absolute Gasteiger partial charge is 0.230 e. The van der Waals surface area contributed by atoms with Crippen LogP contribution in [0.4, 0.5) is 5.69 Å². The van der Waals surface area contributed by atoms with Gasteiger partial charge in [-0.25, -0.2) is 4.98 Å². The molecule has 0 saturated carbocycles. The number of amides is 1. The molecule has 96 valence electrons. The van der Waals surface area contributed by atoms with E-state index in [0.717, 1.165) is 24.9 Å². The van der Waals surface area contributed by atoms with Crippen molar-refractivity contribution in [2.45, 2.75) is 31.5 Å². The molecule has 1 aromatic rings. The predicted molar refractivity (Wildman–Crippen MR) is 65.4 cm³/mol. The number of nitrogens with zero attached hydrogens (tertiary/aromatic N) is 1. The molecule has 3 heterocycles. The lowest BCUT2D eigenvalue weighted by atomic mass is 9.88. The maximum absolute atomic E-state index is 12.2. The van der Waals surface area contributed by atoms with E-state index in [1.54, 1.807) is 25.4 Å². The van der Waals surface area contributed by atoms with Gasteiger partial charge < -0.3 is 14.8 Å². The lowest BCUT2D eigenvalue weighted by Gasteiger charge is -2.18. The number of hydrogen-bond acceptors (Lipinski definition) is 4. The van der Waals surface area contributed by atoms with Crippen molar-refractivity contribution in [1.82, 2.24) is 4.98 Å². The average Bonchev–Trinajstić information content (AvgIpc) is 3.01. The molecule has 2 bridgehead atoms. The Morgan fingerprint density at radius 2 is 2.44 bits per heavy atom. The third kappa shape index (κ3) is 2.06. The maximum atomic E-state index is 12.2. The molecule has 1 aromatic heterocycles. The molecule has 2 aliphatic rings. The zero-order valence-electron chi connectivity index (χ0n) is 10.3. The van der Waals surface area contributed by atoms with Gasteiger partial charge in [0.25, 0.3) is 0 Å². The van der Waals surface area contributed by atoms with E-state index in [9.17, 15) is 4.79 Å². The van der Waals surface area contributed by atoms with E-state index >= 15 is 0 Å². The molecule has 3 atom stereocenters. The summed E-state index contributed by atoms with van der Waals surface area (Å²) in [5, 5.41) is 2.90. The number of rotatable bonds is 3. The fourth-order valence-electron chi connectivity index (χ4n) is 2.75. The summed E-state index contributed by atoms with van der Waals surface area (Å²) in [7, 11) is 1.55. The van der Waals surface area contributed by atoms with Crippen LogP contribution in [0.3, 0.4) is 0 Å². The summed E-state index contributed by atoms with van der Waals surface area (Å²) < 4.78 is 10.7. The van der Waals surface area contributed by atoms with Gasteiger partial charge in [0.15, 0.2) is 0 Å². The highest BCUT2D eigenvalue weighted by molar-refractivity contribution is 5.93. The maximum Gasteiger partial charge on any atom is 0.230 e. The number of hydrogen-bond donors (Lipinski definition) is 1. The van der Waals surface area contributed by atoms with Crippen molar-refractivity contribution in [3.8, 4) is 5.88 Å². The van der Waals surface area contributed by atoms with E-state index in [2.05, 4.69) is 10.3 Å². The Hall–Kier alpha value is -1.62. The largest absolute Gasteiger partial charge is 0.481 e. The van der Waals surface area contributed by atoms with Gasteiger partial charge in [-0.1, -0.05) is 0 Å². The number of carbonyl (C=O) groups excluding carboxylic acids is 1. The molecule has 3 rings (SSSR count). The monoisotopic (exact) mass is 248 g/mol. The SMILES string of the molecule is COc1cc(NC(=O)[C@@H]2C[C@H]3CC[C@@H]2O3)ccn1. The van der Waals surface area contributed by atoms with E-state index in [0.29, 0.717) is 5.88 Å². The minimum atomic E-state index is -0.0112. The highest BCUT2D eigenvalue weighted by Crippen LogP contribution is 2.39. The van der Waals surface area contributed by atoms with Crippen LogP contribution < -0.4 is 10.1 Å². The number of aromatic nitrogens is 1. The number of pyridine rings is 1. The highest BCUT2D eigenvalue weighted by atomic mass is 16.5. The van der Waals surface area contributed by atoms with Crippen LogP contribution in [-0.2, 0) is 9.53 Å². The summed E-state index contributed by atoms with van der Waals surface area (Å²) in [6.45, 7) is 0. The molecule has 18 heavy (non-hydrogen) atoms. The van der Waals surface area contributed by atoms with Crippen molar-refractivity contribution < 1.29 is 14.3 Å². The second-order valence-corrected chi connectivity index (χ2v) is 4.79. The van der Waals surface area contributed by atoms with Crippen LogP contribution >= 0.6 is 0 Å². The molecular formula is C13H16N2O3. The zero-order chi connectivity index (χ0) is 12.5. The average molecular weight is 248 g/mol. The molecular weight excluding hydrogens is 232 g/mol. The van der Waals surface area contributed by atoms with E-state index in [1.807, 2.05) is 0 Å². The van der Waals surface area contributed by atoms with E-state index < -0.39 is 0 Å². The molecule has 2 aliphatic heterocycles. The Balaban J connectivity index is 1.67. The molecule has 0 unspecified atom stereocenters. The van der Waals surface area contributed by atoms with Crippen LogP contribution in [0.1, 0.15) is 19.3 Å². The third-order valence-electron chi connectivity index (χ3n) is 3.65. The van der Waals surface area contributed by atoms with Crippen LogP contribution in [0, 0.1) is 5.92 Å². The number of carbonyl (C=O) groups is 1. The van der Waals surface area contributed by atoms with Crippen molar-refractivity contribution >= 4 is 11.6 Å². The van der Waals surface area contributed by atoms with Gasteiger partial charge in [0, 0.05) is 18.0 Å². The van der Waals surface area contributed by atoms with E-state index in [1.165, 1.54) is 0 Å². The summed E-state index contributed by atoms with van der Waals surface area (Å²) in [6, 6.07) is 3.47. The van der Waals surface area contributed by atoms with Gasteiger partial charge in [-0.05, 0) is 25.3 Å². The standard InChI is InChI=1S/C13H16N2O3/c1-17-12-6-8(4-5-14-12)15-13(16)10-7-9-2-3-11(10)18-9/h4-6,9-11H,2-3,7H2,1H3,(H,14,15,16)/t9-,10-,11+/m1/s1. The minimum Gasteiger partial charge on any atom is -0.481 e. The molecule has 1 N–H and O–H groups in total. The van der Waals surface area contributed by atoms with Gasteiger partial charge in [-0.15, -0.1) is 0 Å². The van der Waals surface area contributed by atoms with Gasteiger partial charge in [0.2, 0.25) is 11.8 Å². The molecule has 1 amide bonds. The summed E-state index contributed by atoms with van der Waals surface area (Å²) in [4.78, 5) is 16.2. The van der Waals surface area contributed by atoms with Gasteiger partial charge >= 0.3 is 0 Å². The number of fused-ring (bicyclic) bond motifs is 2. The number of anilines is 1. The number of methoxy groups -OCH3 is 1. The van der Waals surface area contributed by atoms with Crippen molar-refractivity contribution in [1.29, 1.82) is 0 Å². The Labute approximate surface area is 105 Å². The van der Waals surface area contributed by atoms with Gasteiger partial charge in [0.1, 0.15) is 0 Å². The molecule has 0 radical (unpaired) electrons. The van der Waals surface area contributed by atoms with Crippen molar-refractivity contribution in [2.24, 2.45) is 5.92 Å². The van der Waals surface area contributed by atoms with Crippen LogP contribution in [-0.4, -0.2) is 30.2 Å². The van der Waals surface area contributed by atoms with Crippen LogP contribution in [0.25, 0.3) is 0 Å². The van der Waals surface area contributed by atoms with E-state index in [-0.39, 0.29) is 24.0 Å². The first-order chi connectivity index (χ1) is 8.76. The highest BCUT2D eigenvalue weighted by Gasteiger charge is 2.44. The molecule has 5 nitrogen and oxygen atoms in total. The van der Waals surface area contributed by atoms with Crippen LogP contribution in [0.5, 0.6) is 5.88 Å². The van der Waals surface area contributed by atoms with Gasteiger partial charge in [0.05, 0.1) is 25.2 Å². The fraction of sp³-hybridized carbons (Fsp3) is 0.538. The van der Waals surface area contributed by atoms with Crippen molar-refractivity contribution in [2.75, 3.05) is 12.4 Å². The second kappa shape index (κ2) is 4.57. The van der Waals surface area contributed by atoms with Crippen LogP contribution in [0.2, 0.25) is 0 Å². The normalized spacial score (nSPS) is 29.3. The Morgan fingerprint density at radius 3 is 3.11 bits per heavy atom. The van der Waals surface area contributed by atoms with E-state index in [4.69, 9.17) is 9.47 Å². The summed E-state index contributed by atoms with van der Waals surface area (Å²) in [6.07, 6.45) is 4.96. The molecule has 5 heteroatoms. The first-order valence-electron chi connectivity index (χ1n) is 6.22. The third-order valence-corrected chi connectivity index (χ3v) is 3.65. The predicted octanol–water partition coefficient (Wildman–Crippen LogP) is 1.60. The molecule has 2 saturated heterocycles. The molecule has 0 aromatic carbocycles. The van der Waals surface area contributed by atoms with Crippen LogP contribution in [0.15, 0.2) is 18.3 Å². The zero-order valence-corrected chi connectivity index (χ0v) is 10.3. The summed E-state index contributed by atoms with van der Waals surface area (Å²) >= 11 is 0. The Kier molecular flexibility index (Phi) is 2.91.